The maximum absolute atomic E-state index is 11.3. The first-order valence-electron chi connectivity index (χ1n) is 9.65. The SMILES string of the molecule is Cc1ccc(C(=O)O)cc1Oc1nc2cc(-c3ccc4c(ccn4C)c3)c(Cl)cc2[nH]1. The molecule has 0 saturated carbocycles. The van der Waals surface area contributed by atoms with Gasteiger partial charge in [-0.05, 0) is 60.5 Å². The first-order valence-corrected chi connectivity index (χ1v) is 10.0. The third kappa shape index (κ3) is 3.41. The average Bonchev–Trinajstić information content (AvgIpc) is 3.31. The topological polar surface area (TPSA) is 80.1 Å². The number of benzene rings is 3. The molecule has 0 bridgehead atoms. The van der Waals surface area contributed by atoms with Crippen LogP contribution in [0.2, 0.25) is 5.02 Å². The van der Waals surface area contributed by atoms with E-state index in [0.29, 0.717) is 16.3 Å². The van der Waals surface area contributed by atoms with Crippen molar-refractivity contribution >= 4 is 39.5 Å². The Kier molecular flexibility index (Phi) is 4.45. The number of nitrogens with one attached hydrogen (secondary N) is 1. The molecule has 5 aromatic rings. The summed E-state index contributed by atoms with van der Waals surface area (Å²) in [7, 11) is 2.01. The Morgan fingerprint density at radius 1 is 1.13 bits per heavy atom. The number of halogens is 1. The van der Waals surface area contributed by atoms with Crippen LogP contribution in [0.4, 0.5) is 0 Å². The molecule has 2 N–H and O–H groups in total. The summed E-state index contributed by atoms with van der Waals surface area (Å²) in [5.41, 5.74) is 5.42. The van der Waals surface area contributed by atoms with Gasteiger partial charge >= 0.3 is 5.97 Å². The Balaban J connectivity index is 1.53. The lowest BCUT2D eigenvalue weighted by Crippen LogP contribution is -1.98. The standard InChI is InChI=1S/C24H18ClN3O3/c1-13-3-4-16(23(29)30)10-22(13)31-24-26-19-11-17(18(25)12-20(19)27-24)14-5-6-21-15(9-14)7-8-28(21)2/h3-12H,1-2H3,(H,26,27)(H,29,30). The maximum Gasteiger partial charge on any atom is 0.335 e. The van der Waals surface area contributed by atoms with Gasteiger partial charge in [-0.1, -0.05) is 23.7 Å². The van der Waals surface area contributed by atoms with E-state index in [1.165, 1.54) is 6.07 Å². The highest BCUT2D eigenvalue weighted by molar-refractivity contribution is 6.34. The van der Waals surface area contributed by atoms with E-state index in [1.807, 2.05) is 38.4 Å². The zero-order valence-electron chi connectivity index (χ0n) is 16.8. The van der Waals surface area contributed by atoms with Crippen molar-refractivity contribution in [2.45, 2.75) is 6.92 Å². The minimum Gasteiger partial charge on any atom is -0.478 e. The number of fused-ring (bicyclic) bond motifs is 2. The van der Waals surface area contributed by atoms with E-state index >= 15 is 0 Å². The number of H-pyrrole nitrogens is 1. The lowest BCUT2D eigenvalue weighted by atomic mass is 10.0. The van der Waals surface area contributed by atoms with Gasteiger partial charge in [0.1, 0.15) is 5.75 Å². The summed E-state index contributed by atoms with van der Waals surface area (Å²) in [6, 6.07) is 17.0. The Morgan fingerprint density at radius 3 is 2.77 bits per heavy atom. The molecule has 0 aliphatic rings. The van der Waals surface area contributed by atoms with Crippen LogP contribution in [0.25, 0.3) is 33.1 Å². The molecule has 2 heterocycles. The number of aryl methyl sites for hydroxylation is 2. The predicted molar refractivity (Wildman–Crippen MR) is 121 cm³/mol. The molecule has 0 aliphatic carbocycles. The van der Waals surface area contributed by atoms with Gasteiger partial charge in [0.05, 0.1) is 21.6 Å². The summed E-state index contributed by atoms with van der Waals surface area (Å²) in [6.45, 7) is 1.85. The molecule has 0 fully saturated rings. The van der Waals surface area contributed by atoms with Crippen LogP contribution in [0.1, 0.15) is 15.9 Å². The van der Waals surface area contributed by atoms with E-state index in [1.54, 1.807) is 12.1 Å². The van der Waals surface area contributed by atoms with Crippen LogP contribution in [0.5, 0.6) is 11.8 Å². The van der Waals surface area contributed by atoms with Crippen LogP contribution < -0.4 is 4.74 Å². The maximum atomic E-state index is 11.3. The molecule has 6 nitrogen and oxygen atoms in total. The van der Waals surface area contributed by atoms with Crippen LogP contribution in [0.3, 0.4) is 0 Å². The number of carboxylic acid groups (broad SMARTS) is 1. The smallest absolute Gasteiger partial charge is 0.335 e. The summed E-state index contributed by atoms with van der Waals surface area (Å²) in [6.07, 6.45) is 2.03. The zero-order valence-corrected chi connectivity index (χ0v) is 17.6. The molecule has 0 saturated heterocycles. The second-order valence-corrected chi connectivity index (χ2v) is 7.89. The molecule has 0 unspecified atom stereocenters. The average molecular weight is 432 g/mol. The molecule has 154 valence electrons. The molecule has 0 spiro atoms. The molecule has 0 amide bonds. The van der Waals surface area contributed by atoms with Crippen molar-refractivity contribution in [3.63, 3.8) is 0 Å². The number of ether oxygens (including phenoxy) is 1. The molecular formula is C24H18ClN3O3. The van der Waals surface area contributed by atoms with Gasteiger partial charge in [0, 0.05) is 29.7 Å². The van der Waals surface area contributed by atoms with E-state index in [-0.39, 0.29) is 11.6 Å². The number of aromatic carboxylic acids is 1. The summed E-state index contributed by atoms with van der Waals surface area (Å²) < 4.78 is 7.93. The van der Waals surface area contributed by atoms with Gasteiger partial charge in [0.25, 0.3) is 6.01 Å². The van der Waals surface area contributed by atoms with Crippen LogP contribution in [-0.4, -0.2) is 25.6 Å². The largest absolute Gasteiger partial charge is 0.478 e. The summed E-state index contributed by atoms with van der Waals surface area (Å²) in [5, 5.41) is 11.0. The first-order chi connectivity index (χ1) is 14.9. The Bertz CT molecular complexity index is 1480. The lowest BCUT2D eigenvalue weighted by Gasteiger charge is -2.06. The fourth-order valence-corrected chi connectivity index (χ4v) is 3.95. The normalized spacial score (nSPS) is 11.3. The number of hydrogen-bond acceptors (Lipinski definition) is 3. The van der Waals surface area contributed by atoms with E-state index in [2.05, 4.69) is 32.7 Å². The van der Waals surface area contributed by atoms with Gasteiger partial charge in [0.15, 0.2) is 0 Å². The van der Waals surface area contributed by atoms with E-state index < -0.39 is 5.97 Å². The number of carboxylic acids is 1. The minimum atomic E-state index is -1.01. The van der Waals surface area contributed by atoms with E-state index in [4.69, 9.17) is 16.3 Å². The summed E-state index contributed by atoms with van der Waals surface area (Å²) in [4.78, 5) is 18.9. The molecule has 0 aliphatic heterocycles. The molecule has 0 atom stereocenters. The highest BCUT2D eigenvalue weighted by Crippen LogP contribution is 2.35. The number of rotatable bonds is 4. The van der Waals surface area contributed by atoms with Crippen molar-refractivity contribution < 1.29 is 14.6 Å². The number of imidazole rings is 1. The monoisotopic (exact) mass is 431 g/mol. The van der Waals surface area contributed by atoms with Gasteiger partial charge in [-0.25, -0.2) is 4.79 Å². The third-order valence-corrected chi connectivity index (χ3v) is 5.70. The van der Waals surface area contributed by atoms with Gasteiger partial charge in [-0.3, -0.25) is 0 Å². The van der Waals surface area contributed by atoms with E-state index in [9.17, 15) is 9.90 Å². The molecular weight excluding hydrogens is 414 g/mol. The van der Waals surface area contributed by atoms with Crippen molar-refractivity contribution in [3.8, 4) is 22.9 Å². The van der Waals surface area contributed by atoms with Gasteiger partial charge in [-0.2, -0.15) is 4.98 Å². The van der Waals surface area contributed by atoms with Crippen molar-refractivity contribution in [1.82, 2.24) is 14.5 Å². The van der Waals surface area contributed by atoms with Crippen LogP contribution in [-0.2, 0) is 7.05 Å². The van der Waals surface area contributed by atoms with Crippen LogP contribution in [0, 0.1) is 6.92 Å². The zero-order chi connectivity index (χ0) is 21.7. The molecule has 2 aromatic heterocycles. The predicted octanol–water partition coefficient (Wildman–Crippen LogP) is 6.17. The number of hydrogen-bond donors (Lipinski definition) is 2. The lowest BCUT2D eigenvalue weighted by molar-refractivity contribution is 0.0696. The van der Waals surface area contributed by atoms with Crippen molar-refractivity contribution in [2.75, 3.05) is 0 Å². The highest BCUT2D eigenvalue weighted by atomic mass is 35.5. The minimum absolute atomic E-state index is 0.151. The van der Waals surface area contributed by atoms with Crippen molar-refractivity contribution in [2.24, 2.45) is 7.05 Å². The van der Waals surface area contributed by atoms with Crippen LogP contribution >= 0.6 is 11.6 Å². The van der Waals surface area contributed by atoms with Gasteiger partial charge in [-0.15, -0.1) is 0 Å². The van der Waals surface area contributed by atoms with Gasteiger partial charge < -0.3 is 19.4 Å². The fraction of sp³-hybridized carbons (Fsp3) is 0.0833. The van der Waals surface area contributed by atoms with Crippen molar-refractivity contribution in [3.05, 3.63) is 76.9 Å². The molecule has 31 heavy (non-hydrogen) atoms. The number of aromatic amines is 1. The quantitative estimate of drug-likeness (QED) is 0.356. The van der Waals surface area contributed by atoms with Crippen molar-refractivity contribution in [1.29, 1.82) is 0 Å². The molecule has 5 rings (SSSR count). The fourth-order valence-electron chi connectivity index (χ4n) is 3.67. The Morgan fingerprint density at radius 2 is 1.97 bits per heavy atom. The Labute approximate surface area is 182 Å². The summed E-state index contributed by atoms with van der Waals surface area (Å²) >= 11 is 6.59. The van der Waals surface area contributed by atoms with Gasteiger partial charge in [0.2, 0.25) is 0 Å². The van der Waals surface area contributed by atoms with E-state index in [0.717, 1.165) is 33.1 Å². The summed E-state index contributed by atoms with van der Waals surface area (Å²) in [5.74, 6) is -0.582. The first kappa shape index (κ1) is 19.2. The third-order valence-electron chi connectivity index (χ3n) is 5.39. The Hall–Kier alpha value is -3.77. The second-order valence-electron chi connectivity index (χ2n) is 7.48. The molecule has 0 radical (unpaired) electrons. The highest BCUT2D eigenvalue weighted by Gasteiger charge is 2.14. The molecule has 3 aromatic carbocycles. The number of nitrogens with zero attached hydrogens (tertiary/aromatic N) is 2. The molecule has 7 heteroatoms. The number of carbonyl (C=O) groups is 1. The van der Waals surface area contributed by atoms with Crippen LogP contribution in [0.15, 0.2) is 60.8 Å². The second kappa shape index (κ2) is 7.18. The number of aromatic nitrogens is 3.